The van der Waals surface area contributed by atoms with E-state index in [2.05, 4.69) is 4.90 Å². The molecule has 1 saturated heterocycles. The molecule has 198 valence electrons. The van der Waals surface area contributed by atoms with Crippen molar-refractivity contribution in [3.63, 3.8) is 0 Å². The Morgan fingerprint density at radius 1 is 1.14 bits per heavy atom. The number of aromatic hydroxyl groups is 1. The number of fused-ring (bicyclic) bond motifs is 3. The highest BCUT2D eigenvalue weighted by atomic mass is 19.1. The van der Waals surface area contributed by atoms with Crippen LogP contribution < -0.4 is 5.73 Å². The van der Waals surface area contributed by atoms with Gasteiger partial charge in [0.15, 0.2) is 11.6 Å². The first kappa shape index (κ1) is 25.4. The van der Waals surface area contributed by atoms with Crippen molar-refractivity contribution in [3.05, 3.63) is 51.5 Å². The number of hydrogen-bond donors (Lipinski definition) is 4. The number of hydrogen-bond acceptors (Lipinski definition) is 8. The molecule has 5 N–H and O–H groups in total. The molecule has 5 rings (SSSR count). The topological polar surface area (TPSA) is 144 Å². The third kappa shape index (κ3) is 4.02. The van der Waals surface area contributed by atoms with Crippen LogP contribution in [0.15, 0.2) is 34.8 Å². The van der Waals surface area contributed by atoms with Gasteiger partial charge in [0.25, 0.3) is 5.91 Å². The van der Waals surface area contributed by atoms with E-state index in [1.165, 1.54) is 6.07 Å². The molecule has 0 bridgehead atoms. The minimum atomic E-state index is -1.20. The lowest BCUT2D eigenvalue weighted by Gasteiger charge is -2.46. The fourth-order valence-corrected chi connectivity index (χ4v) is 6.78. The van der Waals surface area contributed by atoms with E-state index >= 15 is 0 Å². The van der Waals surface area contributed by atoms with E-state index in [1.54, 1.807) is 25.1 Å². The number of ketones is 2. The van der Waals surface area contributed by atoms with Crippen LogP contribution in [-0.4, -0.2) is 82.0 Å². The molecule has 4 aliphatic rings. The highest BCUT2D eigenvalue weighted by Gasteiger charge is 2.54. The number of nitrogens with two attached hydrogens (primary N) is 1. The molecule has 3 unspecified atom stereocenters. The van der Waals surface area contributed by atoms with Gasteiger partial charge in [-0.3, -0.25) is 24.2 Å². The molecule has 10 heteroatoms. The molecule has 37 heavy (non-hydrogen) atoms. The Labute approximate surface area is 214 Å². The minimum absolute atomic E-state index is 0.0653. The van der Waals surface area contributed by atoms with Crippen molar-refractivity contribution >= 4 is 17.5 Å². The third-order valence-corrected chi connectivity index (χ3v) is 8.46. The number of phenols is 1. The molecule has 0 radical (unpaired) electrons. The molecule has 1 aliphatic heterocycles. The fourth-order valence-electron chi connectivity index (χ4n) is 6.78. The minimum Gasteiger partial charge on any atom is -0.511 e. The number of aliphatic hydroxyl groups excluding tert-OH is 2. The molecule has 1 heterocycles. The predicted molar refractivity (Wildman–Crippen MR) is 132 cm³/mol. The lowest BCUT2D eigenvalue weighted by Crippen LogP contribution is -2.53. The largest absolute Gasteiger partial charge is 0.511 e. The SMILES string of the molecule is CN(C)[C@@H]1C(O)=C(C(N)=O)C(=O)C2C(O)=C3C(=O)c4c(O)ccc(CN5CCC(F)CC5)c4CC3CC21. The van der Waals surface area contributed by atoms with Crippen molar-refractivity contribution in [3.8, 4) is 5.75 Å². The van der Waals surface area contributed by atoms with Gasteiger partial charge in [-0.2, -0.15) is 0 Å². The van der Waals surface area contributed by atoms with Crippen LogP contribution in [0.25, 0.3) is 0 Å². The van der Waals surface area contributed by atoms with Gasteiger partial charge in [0.05, 0.1) is 17.5 Å². The second-order valence-electron chi connectivity index (χ2n) is 10.9. The van der Waals surface area contributed by atoms with E-state index in [0.717, 1.165) is 5.56 Å². The van der Waals surface area contributed by atoms with Gasteiger partial charge in [-0.1, -0.05) is 6.07 Å². The van der Waals surface area contributed by atoms with Gasteiger partial charge in [0, 0.05) is 25.2 Å². The summed E-state index contributed by atoms with van der Waals surface area (Å²) in [5.41, 5.74) is 6.57. The number of primary amides is 1. The van der Waals surface area contributed by atoms with Gasteiger partial charge in [0.1, 0.15) is 29.0 Å². The van der Waals surface area contributed by atoms with Crippen molar-refractivity contribution in [2.75, 3.05) is 27.2 Å². The summed E-state index contributed by atoms with van der Waals surface area (Å²) in [6.45, 7) is 1.71. The number of piperidine rings is 1. The molecular formula is C27H32FN3O6. The maximum Gasteiger partial charge on any atom is 0.255 e. The van der Waals surface area contributed by atoms with Crippen LogP contribution in [0.1, 0.15) is 40.7 Å². The Kier molecular flexibility index (Phi) is 6.35. The first-order valence-corrected chi connectivity index (χ1v) is 12.6. The van der Waals surface area contributed by atoms with Crippen LogP contribution >= 0.6 is 0 Å². The van der Waals surface area contributed by atoms with Crippen molar-refractivity contribution in [1.82, 2.24) is 9.80 Å². The Hall–Kier alpha value is -3.24. The number of halogens is 1. The third-order valence-electron chi connectivity index (χ3n) is 8.46. The summed E-state index contributed by atoms with van der Waals surface area (Å²) < 4.78 is 13.6. The Morgan fingerprint density at radius 2 is 1.81 bits per heavy atom. The summed E-state index contributed by atoms with van der Waals surface area (Å²) in [6, 6.07) is 2.48. The summed E-state index contributed by atoms with van der Waals surface area (Å²) in [6.07, 6.45) is 0.767. The number of aliphatic hydroxyl groups is 2. The zero-order chi connectivity index (χ0) is 26.8. The second-order valence-corrected chi connectivity index (χ2v) is 10.9. The summed E-state index contributed by atoms with van der Waals surface area (Å²) in [5.74, 6) is -5.71. The number of phenolic OH excluding ortho intramolecular Hbond substituents is 1. The van der Waals surface area contributed by atoms with Crippen LogP contribution in [0, 0.1) is 17.8 Å². The fraction of sp³-hybridized carbons (Fsp3) is 0.519. The lowest BCUT2D eigenvalue weighted by atomic mass is 9.60. The van der Waals surface area contributed by atoms with E-state index in [-0.39, 0.29) is 16.9 Å². The molecule has 4 atom stereocenters. The highest BCUT2D eigenvalue weighted by molar-refractivity contribution is 6.22. The van der Waals surface area contributed by atoms with Crippen LogP contribution in [0.4, 0.5) is 4.39 Å². The van der Waals surface area contributed by atoms with Crippen molar-refractivity contribution < 1.29 is 34.1 Å². The van der Waals surface area contributed by atoms with Crippen LogP contribution in [0.5, 0.6) is 5.75 Å². The van der Waals surface area contributed by atoms with Crippen LogP contribution in [0.3, 0.4) is 0 Å². The van der Waals surface area contributed by atoms with E-state index in [4.69, 9.17) is 5.73 Å². The zero-order valence-electron chi connectivity index (χ0n) is 20.9. The van der Waals surface area contributed by atoms with E-state index in [1.807, 2.05) is 0 Å². The van der Waals surface area contributed by atoms with E-state index in [9.17, 15) is 34.1 Å². The molecular weight excluding hydrogens is 481 g/mol. The summed E-state index contributed by atoms with van der Waals surface area (Å²) >= 11 is 0. The average molecular weight is 514 g/mol. The standard InChI is InChI=1S/C27H32FN3O6/c1-30(2)22-16-10-13-9-15-12(11-31-7-5-14(28)6-8-31)3-4-17(32)19(15)23(33)18(13)24(34)20(16)25(35)21(26(22)36)27(29)37/h3-4,13-14,16,20,22,32,34,36H,5-11H2,1-2H3,(H2,29,37)/t13?,16?,20?,22-/m0/s1. The van der Waals surface area contributed by atoms with Gasteiger partial charge in [-0.25, -0.2) is 4.39 Å². The monoisotopic (exact) mass is 513 g/mol. The van der Waals surface area contributed by atoms with Gasteiger partial charge < -0.3 is 21.1 Å². The van der Waals surface area contributed by atoms with E-state index in [0.29, 0.717) is 50.9 Å². The molecule has 9 nitrogen and oxygen atoms in total. The number of carbonyl (C=O) groups excluding carboxylic acids is 3. The normalized spacial score (nSPS) is 28.9. The summed E-state index contributed by atoms with van der Waals surface area (Å²) in [7, 11) is 3.39. The first-order chi connectivity index (χ1) is 17.5. The molecule has 3 aliphatic carbocycles. The number of allylic oxidation sites excluding steroid dienone is 2. The molecule has 1 fully saturated rings. The predicted octanol–water partition coefficient (Wildman–Crippen LogP) is 1.94. The van der Waals surface area contributed by atoms with Gasteiger partial charge >= 0.3 is 0 Å². The lowest BCUT2D eigenvalue weighted by molar-refractivity contribution is -0.127. The number of Topliss-reactive ketones (excluding diaryl/α,β-unsaturated/α-hetero) is 2. The number of alkyl halides is 1. The first-order valence-electron chi connectivity index (χ1n) is 12.6. The summed E-state index contributed by atoms with van der Waals surface area (Å²) in [4.78, 5) is 42.8. The number of likely N-dealkylation sites (tertiary alicyclic amines) is 1. The Morgan fingerprint density at radius 3 is 2.43 bits per heavy atom. The Balaban J connectivity index is 1.57. The number of likely N-dealkylation sites (N-methyl/N-ethyl adjacent to an activating group) is 1. The average Bonchev–Trinajstić information content (AvgIpc) is 2.81. The van der Waals surface area contributed by atoms with Crippen molar-refractivity contribution in [2.45, 2.75) is 44.4 Å². The van der Waals surface area contributed by atoms with Crippen molar-refractivity contribution in [2.24, 2.45) is 23.5 Å². The van der Waals surface area contributed by atoms with Crippen molar-refractivity contribution in [1.29, 1.82) is 0 Å². The number of amides is 1. The van der Waals surface area contributed by atoms with Gasteiger partial charge in [-0.05, 0) is 68.8 Å². The van der Waals surface area contributed by atoms with Crippen LogP contribution in [0.2, 0.25) is 0 Å². The number of nitrogens with zero attached hydrogens (tertiary/aromatic N) is 2. The van der Waals surface area contributed by atoms with Gasteiger partial charge in [0.2, 0.25) is 0 Å². The maximum atomic E-state index is 13.7. The molecule has 1 amide bonds. The molecule has 0 aromatic heterocycles. The Bertz CT molecular complexity index is 1250. The highest BCUT2D eigenvalue weighted by Crippen LogP contribution is 2.50. The maximum absolute atomic E-state index is 13.7. The molecule has 0 saturated carbocycles. The molecule has 1 aromatic rings. The molecule has 0 spiro atoms. The van der Waals surface area contributed by atoms with Gasteiger partial charge in [-0.15, -0.1) is 0 Å². The quantitative estimate of drug-likeness (QED) is 0.447. The van der Waals surface area contributed by atoms with E-state index < -0.39 is 64.5 Å². The zero-order valence-corrected chi connectivity index (χ0v) is 20.9. The van der Waals surface area contributed by atoms with Crippen LogP contribution in [-0.2, 0) is 22.6 Å². The number of carbonyl (C=O) groups is 3. The smallest absolute Gasteiger partial charge is 0.255 e. The molecule has 1 aromatic carbocycles. The number of benzene rings is 1. The number of rotatable bonds is 4. The summed E-state index contributed by atoms with van der Waals surface area (Å²) in [5, 5.41) is 32.8. The second kappa shape index (κ2) is 9.25.